The number of thioether (sulfide) groups is 2. The fraction of sp³-hybridized carbons (Fsp3) is 0.518. The Morgan fingerprint density at radius 3 is 1.89 bits per heavy atom. The van der Waals surface area contributed by atoms with Gasteiger partial charge < -0.3 is 70.0 Å². The molecule has 4 fully saturated rings. The van der Waals surface area contributed by atoms with Gasteiger partial charge in [-0.1, -0.05) is 77.4 Å². The van der Waals surface area contributed by atoms with Crippen LogP contribution in [0.4, 0.5) is 33.1 Å². The summed E-state index contributed by atoms with van der Waals surface area (Å²) in [4.78, 5) is 73.2. The van der Waals surface area contributed by atoms with E-state index < -0.39 is 39.4 Å². The molecule has 0 aliphatic carbocycles. The molecule has 92 heavy (non-hydrogen) atoms. The topological polar surface area (TPSA) is 297 Å². The molecule has 0 radical (unpaired) electrons. The second-order valence-electron chi connectivity index (χ2n) is 20.8. The Hall–Kier alpha value is -1.06. The third-order valence-corrected chi connectivity index (χ3v) is 18.7. The van der Waals surface area contributed by atoms with Crippen molar-refractivity contribution in [3.63, 3.8) is 0 Å². The average molecular weight is 2190 g/mol. The van der Waals surface area contributed by atoms with Crippen LogP contribution in [0, 0.1) is 39.9 Å². The molecular weight excluding hydrogens is 2120 g/mol. The Bertz CT molecular complexity index is 3390. The number of aliphatic hydroxyl groups excluding tert-OH is 2. The number of allylic oxidation sites excluding steroid dienone is 1. The van der Waals surface area contributed by atoms with Gasteiger partial charge in [-0.25, -0.2) is 33.1 Å². The number of anilines is 3. The van der Waals surface area contributed by atoms with Crippen molar-refractivity contribution in [1.82, 2.24) is 33.9 Å². The molecule has 512 valence electrons. The maximum atomic E-state index is 14.6. The molecule has 2 aromatic carbocycles. The minimum absolute atomic E-state index is 0. The molecule has 4 saturated heterocycles. The predicted octanol–water partition coefficient (Wildman–Crippen LogP) is 9.84. The van der Waals surface area contributed by atoms with E-state index in [2.05, 4.69) is 159 Å². The summed E-state index contributed by atoms with van der Waals surface area (Å²) in [5.41, 5.74) is 3.83. The number of aliphatic carboxylic acids is 1. The minimum atomic E-state index is -1.20. The van der Waals surface area contributed by atoms with Gasteiger partial charge in [-0.3, -0.25) is 9.69 Å². The molecule has 0 bridgehead atoms. The quantitative estimate of drug-likeness (QED) is 0.0128. The first kappa shape index (κ1) is 83.4. The summed E-state index contributed by atoms with van der Waals surface area (Å²) >= 11 is 22.2. The summed E-state index contributed by atoms with van der Waals surface area (Å²) in [6.45, 7) is 19.3. The van der Waals surface area contributed by atoms with Crippen molar-refractivity contribution in [2.75, 3.05) is 96.2 Å². The number of piperazine rings is 2. The number of pyridine rings is 1. The van der Waals surface area contributed by atoms with Gasteiger partial charge in [-0.05, 0) is 85.3 Å². The Morgan fingerprint density at radius 2 is 1.43 bits per heavy atom. The zero-order valence-electron chi connectivity index (χ0n) is 50.5. The number of ether oxygens (including phenoxy) is 1. The number of fused-ring (bicyclic) bond motifs is 6. The van der Waals surface area contributed by atoms with E-state index in [4.69, 9.17) is 4.74 Å². The molecule has 6 aliphatic heterocycles. The van der Waals surface area contributed by atoms with E-state index in [1.807, 2.05) is 47.6 Å². The standard InChI is InChI=1S/C24H28N6O6S.C16H18FN3O2S.C8H12BrN3O3.C4H7BrO.C4H7Br.I3.I2.HI/c1-14-25-12-20(30(35)36)28(14)13-17(31)5-6-26-7-9-27(10-8-26)16-3-4-18-19(11-16)29-15(2)37-23(29)21(22(18)32)24(33)34;1-9-20-13-8-14(19-4-2-18-3-5-19)12(17)7-10(13)6-11(16(21)22)15(20)23-9;1-6-10-4-8(12(14)15)11(6)5-7(13)2-3-9;5-2-1-4-3-6-4;1-2-3-4-5;1-3-2;1-2;/h3-4,11-12,15,17,31H,5-10,13H2,1-2H3,(H,33,34);7-9,18H,2-6H2,1H3,(H,21,22);4,7,13H,2-3,5H2,1H3;4H,1-3H2;2H,1,3-4H2;;;1H/q;;;;;-1;;. The number of nitrogens with one attached hydrogen (secondary N) is 1. The van der Waals surface area contributed by atoms with Crippen LogP contribution in [0.25, 0.3) is 10.9 Å². The number of aryl methyl sites for hydroxylation is 2. The molecule has 11 rings (SSSR count). The molecule has 0 spiro atoms. The Labute approximate surface area is 637 Å². The van der Waals surface area contributed by atoms with E-state index >= 15 is 0 Å². The normalized spacial score (nSPS) is 18.0. The van der Waals surface area contributed by atoms with Crippen LogP contribution in [0.1, 0.15) is 72.5 Å². The van der Waals surface area contributed by atoms with Crippen LogP contribution >= 0.6 is 170 Å². The number of carbonyl (C=O) groups is 2. The van der Waals surface area contributed by atoms with Crippen LogP contribution < -0.4 is 38.7 Å². The van der Waals surface area contributed by atoms with Gasteiger partial charge in [0, 0.05) is 149 Å². The molecule has 3 aromatic heterocycles. The molecule has 0 saturated carbocycles. The van der Waals surface area contributed by atoms with Gasteiger partial charge in [0.1, 0.15) is 36.9 Å². The number of aromatic nitrogens is 5. The number of carboxylic acids is 2. The molecule has 9 heterocycles. The van der Waals surface area contributed by atoms with Crippen molar-refractivity contribution < 1.29 is 62.2 Å². The monoisotopic (exact) mass is 2190 g/mol. The van der Waals surface area contributed by atoms with Crippen LogP contribution in [0.5, 0.6) is 0 Å². The molecule has 0 amide bonds. The van der Waals surface area contributed by atoms with Crippen LogP contribution in [-0.2, 0) is 29.0 Å². The average Bonchev–Trinajstić information content (AvgIpc) is 0.903. The number of hydrogen-bond donors (Lipinski definition) is 5. The van der Waals surface area contributed by atoms with Gasteiger partial charge in [0.05, 0.1) is 62.5 Å². The Morgan fingerprint density at radius 1 is 0.859 bits per heavy atom. The number of benzene rings is 2. The van der Waals surface area contributed by atoms with E-state index in [0.29, 0.717) is 77.4 Å². The van der Waals surface area contributed by atoms with Crippen molar-refractivity contribution in [1.29, 1.82) is 0 Å². The van der Waals surface area contributed by atoms with Gasteiger partial charge in [0.2, 0.25) is 5.43 Å². The fourth-order valence-electron chi connectivity index (χ4n) is 10.2. The van der Waals surface area contributed by atoms with Crippen LogP contribution in [0.3, 0.4) is 0 Å². The number of nitro groups is 2. The number of rotatable bonds is 19. The number of halogens is 10. The van der Waals surface area contributed by atoms with Gasteiger partial charge in [-0.2, -0.15) is 0 Å². The zero-order valence-corrected chi connectivity index (χ0v) is 70.0. The number of epoxide rings is 1. The first-order valence-corrected chi connectivity index (χ1v) is 52.4. The van der Waals surface area contributed by atoms with Crippen molar-refractivity contribution in [2.45, 2.75) is 107 Å². The van der Waals surface area contributed by atoms with E-state index in [-0.39, 0.29) is 77.3 Å². The van der Waals surface area contributed by atoms with E-state index in [1.54, 1.807) is 31.7 Å². The first-order chi connectivity index (χ1) is 43.5. The Kier molecular flexibility index (Phi) is 38.2. The summed E-state index contributed by atoms with van der Waals surface area (Å²) in [6, 6.07) is 8.98. The number of imidazole rings is 2. The number of nitrogens with zero attached hydrogens (tertiary/aromatic N) is 11. The number of carboxylic acid groups (broad SMARTS) is 2. The number of hydrogen-bond acceptors (Lipinski definition) is 19. The van der Waals surface area contributed by atoms with E-state index in [0.717, 1.165) is 104 Å². The third-order valence-electron chi connectivity index (χ3n) is 15.0. The summed E-state index contributed by atoms with van der Waals surface area (Å²) in [6.07, 6.45) is 7.15. The summed E-state index contributed by atoms with van der Waals surface area (Å²) < 4.78 is 24.3. The van der Waals surface area contributed by atoms with Gasteiger partial charge in [0.25, 0.3) is 0 Å². The van der Waals surface area contributed by atoms with Gasteiger partial charge in [0.15, 0.2) is 11.6 Å². The third kappa shape index (κ3) is 23.3. The van der Waals surface area contributed by atoms with Crippen LogP contribution in [0.15, 0.2) is 75.8 Å². The molecule has 24 nitrogen and oxygen atoms in total. The van der Waals surface area contributed by atoms with E-state index in [9.17, 15) is 59.4 Å². The van der Waals surface area contributed by atoms with Crippen molar-refractivity contribution in [3.8, 4) is 0 Å². The first-order valence-electron chi connectivity index (χ1n) is 28.4. The van der Waals surface area contributed by atoms with Crippen molar-refractivity contribution in [2.24, 2.45) is 0 Å². The van der Waals surface area contributed by atoms with E-state index in [1.165, 1.54) is 45.8 Å². The molecule has 5 unspecified atom stereocenters. The summed E-state index contributed by atoms with van der Waals surface area (Å²) in [5.74, 6) is -1.54. The second-order valence-corrected chi connectivity index (χ2v) is 42.1. The van der Waals surface area contributed by atoms with Crippen LogP contribution in [0.2, 0.25) is 0 Å². The second kappa shape index (κ2) is 42.1. The molecule has 5 aromatic rings. The summed E-state index contributed by atoms with van der Waals surface area (Å²) in [7, 11) is 0. The fourth-order valence-corrected chi connectivity index (χ4v) is 13.9. The molecule has 5 N–H and O–H groups in total. The number of aliphatic hydroxyl groups is 2. The number of alkyl halides is 3. The van der Waals surface area contributed by atoms with Crippen molar-refractivity contribution >= 4 is 221 Å². The molecule has 5 atom stereocenters. The number of aromatic carboxylic acids is 1. The van der Waals surface area contributed by atoms with Crippen LogP contribution in [-0.4, -0.2) is 176 Å². The zero-order chi connectivity index (χ0) is 67.2. The Balaban J connectivity index is 0.000000279. The summed E-state index contributed by atoms with van der Waals surface area (Å²) in [5, 5.41) is 68.8. The van der Waals surface area contributed by atoms with Gasteiger partial charge in [-0.15, -0.1) is 30.6 Å². The predicted molar refractivity (Wildman–Crippen MR) is 414 cm³/mol. The molecule has 36 heteroatoms. The SMILES string of the molecule is BrCCC1CO1.C=CCCBr.CC1SC2=C(C(=O)O)Cc3cc(F)c(N4CCNCC4)cc3N21.Cc1ncc([N+](=O)[O-])n1CC(O)CCBr.Cc1ncc([N+](=O)[O-])n1CC(O)CCN1CCN(c2ccc3c(=O)c(C(=O)O)c4n(c3c2)C(C)S4)CC1.I.II.I[I-]I. The maximum absolute atomic E-state index is 14.6. The molecule has 6 aliphatic rings. The molecular formula is C56H73Br3FI6N12O12S2-. The van der Waals surface area contributed by atoms with Gasteiger partial charge >= 0.3 is 74.1 Å². The van der Waals surface area contributed by atoms with Crippen molar-refractivity contribution in [3.05, 3.63) is 125 Å².